The zero-order valence-electron chi connectivity index (χ0n) is 21.9. The number of hydrogen-bond donors (Lipinski definition) is 1. The van der Waals surface area contributed by atoms with E-state index in [2.05, 4.69) is 10.2 Å². The van der Waals surface area contributed by atoms with E-state index < -0.39 is 23.6 Å². The maximum Gasteiger partial charge on any atom is 0.419 e. The summed E-state index contributed by atoms with van der Waals surface area (Å²) >= 11 is 0. The van der Waals surface area contributed by atoms with Gasteiger partial charge in [-0.05, 0) is 63.4 Å². The van der Waals surface area contributed by atoms with E-state index >= 15 is 0 Å². The summed E-state index contributed by atoms with van der Waals surface area (Å²) in [6, 6.07) is 3.73. The first kappa shape index (κ1) is 27.4. The molecule has 2 saturated heterocycles. The molecule has 210 valence electrons. The van der Waals surface area contributed by atoms with Gasteiger partial charge in [0.05, 0.1) is 11.3 Å². The molecule has 2 fully saturated rings. The Hall–Kier alpha value is -3.21. The lowest BCUT2D eigenvalue weighted by Gasteiger charge is -2.32. The lowest BCUT2D eigenvalue weighted by atomic mass is 9.93. The number of piperidine rings is 2. The quantitative estimate of drug-likeness (QED) is 0.402. The number of nitrogens with one attached hydrogen (secondary N) is 1. The highest BCUT2D eigenvalue weighted by Gasteiger charge is 2.36. The molecule has 0 bridgehead atoms. The normalized spacial score (nSPS) is 21.1. The molecule has 1 atom stereocenters. The molecule has 11 heteroatoms. The van der Waals surface area contributed by atoms with Crippen molar-refractivity contribution in [3.63, 3.8) is 0 Å². The molecule has 1 aromatic carbocycles. The lowest BCUT2D eigenvalue weighted by Crippen LogP contribution is -2.40. The Balaban J connectivity index is 1.30. The van der Waals surface area contributed by atoms with E-state index in [0.29, 0.717) is 43.4 Å². The largest absolute Gasteiger partial charge is 0.419 e. The maximum atomic E-state index is 14.5. The van der Waals surface area contributed by atoms with Crippen molar-refractivity contribution in [2.75, 3.05) is 38.0 Å². The van der Waals surface area contributed by atoms with Crippen molar-refractivity contribution < 1.29 is 27.2 Å². The number of hydrogen-bond acceptors (Lipinski definition) is 5. The van der Waals surface area contributed by atoms with E-state index in [1.165, 1.54) is 25.3 Å². The maximum absolute atomic E-state index is 14.5. The van der Waals surface area contributed by atoms with E-state index in [4.69, 9.17) is 5.10 Å². The van der Waals surface area contributed by atoms with Gasteiger partial charge < -0.3 is 15.1 Å². The van der Waals surface area contributed by atoms with Crippen LogP contribution in [0.1, 0.15) is 74.2 Å². The molecule has 3 aliphatic rings. The van der Waals surface area contributed by atoms with Gasteiger partial charge in [-0.15, -0.1) is 0 Å². The minimum absolute atomic E-state index is 0.0843. The summed E-state index contributed by atoms with van der Waals surface area (Å²) < 4.78 is 55.4. The fourth-order valence-electron chi connectivity index (χ4n) is 5.93. The number of alkyl halides is 3. The number of rotatable bonds is 6. The van der Waals surface area contributed by atoms with Gasteiger partial charge in [-0.3, -0.25) is 9.59 Å². The third-order valence-corrected chi connectivity index (χ3v) is 8.14. The summed E-state index contributed by atoms with van der Waals surface area (Å²) in [5.41, 5.74) is 0.421. The zero-order chi connectivity index (χ0) is 27.7. The summed E-state index contributed by atoms with van der Waals surface area (Å²) in [5, 5.41) is 7.89. The molecule has 1 aromatic heterocycles. The number of aldehydes is 1. The Morgan fingerprint density at radius 2 is 1.82 bits per heavy atom. The van der Waals surface area contributed by atoms with Gasteiger partial charge in [0.2, 0.25) is 5.91 Å². The number of benzene rings is 1. The first-order valence-electron chi connectivity index (χ1n) is 13.5. The van der Waals surface area contributed by atoms with Crippen LogP contribution in [0.3, 0.4) is 0 Å². The Bertz CT molecular complexity index is 1260. The standard InChI is InChI=1S/C28H33F4N5O2/c1-18-21(17-38)27(20-5-6-22(23(29)15-20)28(30,31)32)37-25(33-18)16-24(34-37)19-7-13-36(14-8-19)26(39)9-12-35-10-3-2-4-11-35/h5-6,15-17,19,27,33H,2-4,7-14H2,1H3. The molecule has 39 heavy (non-hydrogen) atoms. The van der Waals surface area contributed by atoms with Crippen LogP contribution < -0.4 is 5.32 Å². The SMILES string of the molecule is CC1=C(C=O)C(c2ccc(C(F)(F)F)c(F)c2)n2nc(C3CCN(C(=O)CCN4CCCCC4)CC3)cc2N1. The van der Waals surface area contributed by atoms with Crippen LogP contribution in [0.25, 0.3) is 0 Å². The highest BCUT2D eigenvalue weighted by molar-refractivity contribution is 5.80. The third kappa shape index (κ3) is 5.73. The van der Waals surface area contributed by atoms with E-state index in [1.807, 2.05) is 11.0 Å². The smallest absolute Gasteiger partial charge is 0.344 e. The topological polar surface area (TPSA) is 70.5 Å². The molecule has 0 spiro atoms. The minimum Gasteiger partial charge on any atom is -0.344 e. The first-order chi connectivity index (χ1) is 18.7. The van der Waals surface area contributed by atoms with Crippen molar-refractivity contribution in [1.82, 2.24) is 19.6 Å². The molecule has 0 aliphatic carbocycles. The molecule has 1 unspecified atom stereocenters. The first-order valence-corrected chi connectivity index (χ1v) is 13.5. The lowest BCUT2D eigenvalue weighted by molar-refractivity contribution is -0.140. The number of amides is 1. The molecular weight excluding hydrogens is 514 g/mol. The summed E-state index contributed by atoms with van der Waals surface area (Å²) in [7, 11) is 0. The number of carbonyl (C=O) groups excluding carboxylic acids is 2. The number of carbonyl (C=O) groups is 2. The van der Waals surface area contributed by atoms with E-state index in [1.54, 1.807) is 11.6 Å². The Morgan fingerprint density at radius 1 is 1.10 bits per heavy atom. The van der Waals surface area contributed by atoms with E-state index in [-0.39, 0.29) is 23.0 Å². The second-order valence-electron chi connectivity index (χ2n) is 10.7. The summed E-state index contributed by atoms with van der Waals surface area (Å²) in [4.78, 5) is 29.1. The monoisotopic (exact) mass is 547 g/mol. The van der Waals surface area contributed by atoms with Gasteiger partial charge in [-0.2, -0.15) is 18.3 Å². The fourth-order valence-corrected chi connectivity index (χ4v) is 5.93. The van der Waals surface area contributed by atoms with E-state index in [0.717, 1.165) is 44.2 Å². The summed E-state index contributed by atoms with van der Waals surface area (Å²) in [6.07, 6.45) is 1.46. The number of fused-ring (bicyclic) bond motifs is 1. The van der Waals surface area contributed by atoms with Crippen LogP contribution >= 0.6 is 0 Å². The third-order valence-electron chi connectivity index (χ3n) is 8.14. The second kappa shape index (κ2) is 11.1. The predicted octanol–water partition coefficient (Wildman–Crippen LogP) is 5.11. The van der Waals surface area contributed by atoms with Gasteiger partial charge in [0, 0.05) is 49.3 Å². The minimum atomic E-state index is -4.82. The number of nitrogens with zero attached hydrogens (tertiary/aromatic N) is 4. The van der Waals surface area contributed by atoms with Crippen molar-refractivity contribution in [1.29, 1.82) is 0 Å². The molecule has 0 radical (unpaired) electrons. The van der Waals surface area contributed by atoms with E-state index in [9.17, 15) is 27.2 Å². The Kier molecular flexibility index (Phi) is 7.80. The van der Waals surface area contributed by atoms with Gasteiger partial charge in [0.15, 0.2) is 0 Å². The second-order valence-corrected chi connectivity index (χ2v) is 10.7. The fraction of sp³-hybridized carbons (Fsp3) is 0.536. The van der Waals surface area contributed by atoms with Gasteiger partial charge in [0.25, 0.3) is 0 Å². The van der Waals surface area contributed by atoms with Gasteiger partial charge in [-0.1, -0.05) is 12.5 Å². The summed E-state index contributed by atoms with van der Waals surface area (Å²) in [5.74, 6) is -0.558. The van der Waals surface area contributed by atoms with Crippen LogP contribution in [0.15, 0.2) is 35.5 Å². The van der Waals surface area contributed by atoms with Crippen LogP contribution in [0, 0.1) is 5.82 Å². The van der Waals surface area contributed by atoms with Crippen LogP contribution in [-0.2, 0) is 15.8 Å². The molecule has 5 rings (SSSR count). The highest BCUT2D eigenvalue weighted by Crippen LogP contribution is 2.39. The van der Waals surface area contributed by atoms with Crippen molar-refractivity contribution in [3.05, 3.63) is 58.2 Å². The molecule has 7 nitrogen and oxygen atoms in total. The van der Waals surface area contributed by atoms with Crippen molar-refractivity contribution in [2.45, 2.75) is 63.6 Å². The van der Waals surface area contributed by atoms with Crippen molar-refractivity contribution in [2.24, 2.45) is 0 Å². The molecular formula is C28H33F4N5O2. The number of aromatic nitrogens is 2. The Labute approximate surface area is 224 Å². The van der Waals surface area contributed by atoms with Crippen LogP contribution in [0.2, 0.25) is 0 Å². The molecule has 1 N–H and O–H groups in total. The number of allylic oxidation sites excluding steroid dienone is 2. The number of anilines is 1. The summed E-state index contributed by atoms with van der Waals surface area (Å²) in [6.45, 7) is 5.88. The van der Waals surface area contributed by atoms with Crippen LogP contribution in [-0.4, -0.2) is 64.5 Å². The Morgan fingerprint density at radius 3 is 2.46 bits per heavy atom. The van der Waals surface area contributed by atoms with Crippen LogP contribution in [0.5, 0.6) is 0 Å². The average Bonchev–Trinajstić information content (AvgIpc) is 3.34. The molecule has 4 heterocycles. The predicted molar refractivity (Wildman–Crippen MR) is 138 cm³/mol. The molecule has 3 aliphatic heterocycles. The molecule has 2 aromatic rings. The van der Waals surface area contributed by atoms with Crippen molar-refractivity contribution >= 4 is 18.0 Å². The van der Waals surface area contributed by atoms with Crippen molar-refractivity contribution in [3.8, 4) is 0 Å². The van der Waals surface area contributed by atoms with Crippen LogP contribution in [0.4, 0.5) is 23.4 Å². The number of halogens is 4. The van der Waals surface area contributed by atoms with Gasteiger partial charge >= 0.3 is 6.18 Å². The molecule has 0 saturated carbocycles. The van der Waals surface area contributed by atoms with Gasteiger partial charge in [-0.25, -0.2) is 9.07 Å². The highest BCUT2D eigenvalue weighted by atomic mass is 19.4. The average molecular weight is 548 g/mol. The zero-order valence-corrected chi connectivity index (χ0v) is 21.9. The van der Waals surface area contributed by atoms with Gasteiger partial charge in [0.1, 0.15) is 24.0 Å². The number of likely N-dealkylation sites (tertiary alicyclic amines) is 2. The molecule has 1 amide bonds.